The molecule has 0 aliphatic carbocycles. The highest BCUT2D eigenvalue weighted by Gasteiger charge is 2.11. The highest BCUT2D eigenvalue weighted by Crippen LogP contribution is 2.24. The van der Waals surface area contributed by atoms with E-state index >= 15 is 0 Å². The number of hydroxylamine groups is 1. The second-order valence-electron chi connectivity index (χ2n) is 6.63. The molecule has 0 atom stereocenters. The lowest BCUT2D eigenvalue weighted by Crippen LogP contribution is -2.19. The van der Waals surface area contributed by atoms with E-state index in [1.165, 1.54) is 0 Å². The third-order valence-electron chi connectivity index (χ3n) is 4.43. The molecule has 2 aromatic heterocycles. The molecular formula is C25H18N4O2. The molecule has 0 spiro atoms. The average molecular weight is 406 g/mol. The summed E-state index contributed by atoms with van der Waals surface area (Å²) in [6.07, 6.45) is 3.42. The monoisotopic (exact) mass is 406 g/mol. The number of benzene rings is 2. The number of carbonyl (C=O) groups excluding carboxylic acids is 1. The van der Waals surface area contributed by atoms with Crippen LogP contribution in [0.15, 0.2) is 91.3 Å². The summed E-state index contributed by atoms with van der Waals surface area (Å²) in [5.41, 5.74) is 5.89. The lowest BCUT2D eigenvalue weighted by Gasteiger charge is -2.10. The van der Waals surface area contributed by atoms with E-state index in [2.05, 4.69) is 27.1 Å². The zero-order chi connectivity index (χ0) is 21.5. The zero-order valence-electron chi connectivity index (χ0n) is 16.4. The van der Waals surface area contributed by atoms with Crippen LogP contribution in [0.3, 0.4) is 0 Å². The summed E-state index contributed by atoms with van der Waals surface area (Å²) >= 11 is 0. The summed E-state index contributed by atoms with van der Waals surface area (Å²) in [5.74, 6) is 6.05. The molecule has 0 bridgehead atoms. The second-order valence-corrected chi connectivity index (χ2v) is 6.63. The Morgan fingerprint density at radius 2 is 1.65 bits per heavy atom. The van der Waals surface area contributed by atoms with Gasteiger partial charge in [-0.2, -0.15) is 0 Å². The Hall–Kier alpha value is -4.47. The fourth-order valence-corrected chi connectivity index (χ4v) is 2.91. The number of hydrogen-bond donors (Lipinski definition) is 3. The number of aromatic nitrogens is 2. The van der Waals surface area contributed by atoms with E-state index < -0.39 is 5.91 Å². The van der Waals surface area contributed by atoms with E-state index in [4.69, 9.17) is 5.21 Å². The van der Waals surface area contributed by atoms with E-state index in [1.54, 1.807) is 30.0 Å². The van der Waals surface area contributed by atoms with Crippen LogP contribution >= 0.6 is 0 Å². The molecule has 0 unspecified atom stereocenters. The molecule has 0 saturated heterocycles. The van der Waals surface area contributed by atoms with Crippen LogP contribution in [0, 0.1) is 11.8 Å². The van der Waals surface area contributed by atoms with Gasteiger partial charge < -0.3 is 5.32 Å². The molecule has 0 aliphatic heterocycles. The first kappa shape index (κ1) is 19.8. The SMILES string of the molecule is O=C(NO)c1cc(Nc2ccccc2)nc(-c2ccc(C#Cc3cccnc3)cc2)c1. The molecule has 4 rings (SSSR count). The van der Waals surface area contributed by atoms with E-state index in [-0.39, 0.29) is 5.56 Å². The van der Waals surface area contributed by atoms with Gasteiger partial charge in [0.1, 0.15) is 5.82 Å². The molecule has 0 radical (unpaired) electrons. The number of nitrogens with one attached hydrogen (secondary N) is 2. The first-order valence-corrected chi connectivity index (χ1v) is 9.52. The van der Waals surface area contributed by atoms with E-state index in [1.807, 2.05) is 66.7 Å². The summed E-state index contributed by atoms with van der Waals surface area (Å²) in [6.45, 7) is 0. The lowest BCUT2D eigenvalue weighted by molar-refractivity contribution is 0.0706. The predicted octanol–water partition coefficient (Wildman–Crippen LogP) is 4.41. The summed E-state index contributed by atoms with van der Waals surface area (Å²) < 4.78 is 0. The molecule has 3 N–H and O–H groups in total. The van der Waals surface area contributed by atoms with Crippen LogP contribution in [-0.2, 0) is 0 Å². The van der Waals surface area contributed by atoms with Gasteiger partial charge in [0.05, 0.1) is 5.69 Å². The van der Waals surface area contributed by atoms with Gasteiger partial charge in [0.2, 0.25) is 0 Å². The highest BCUT2D eigenvalue weighted by atomic mass is 16.5. The minimum Gasteiger partial charge on any atom is -0.340 e. The normalized spacial score (nSPS) is 9.97. The topological polar surface area (TPSA) is 87.1 Å². The number of nitrogens with zero attached hydrogens (tertiary/aromatic N) is 2. The third kappa shape index (κ3) is 5.12. The third-order valence-corrected chi connectivity index (χ3v) is 4.43. The molecule has 0 saturated carbocycles. The fraction of sp³-hybridized carbons (Fsp3) is 0. The molecule has 2 aromatic carbocycles. The second kappa shape index (κ2) is 9.35. The van der Waals surface area contributed by atoms with Crippen molar-refractivity contribution in [3.05, 3.63) is 108 Å². The van der Waals surface area contributed by atoms with Crippen LogP contribution in [0.4, 0.5) is 11.5 Å². The Morgan fingerprint density at radius 1 is 0.871 bits per heavy atom. The molecule has 150 valence electrons. The van der Waals surface area contributed by atoms with Gasteiger partial charge >= 0.3 is 0 Å². The Balaban J connectivity index is 1.64. The minimum atomic E-state index is -0.612. The lowest BCUT2D eigenvalue weighted by atomic mass is 10.1. The largest absolute Gasteiger partial charge is 0.340 e. The van der Waals surface area contributed by atoms with Gasteiger partial charge in [-0.1, -0.05) is 42.2 Å². The molecule has 31 heavy (non-hydrogen) atoms. The Morgan fingerprint density at radius 3 is 2.35 bits per heavy atom. The van der Waals surface area contributed by atoms with E-state index in [0.29, 0.717) is 11.5 Å². The molecular weight excluding hydrogens is 388 g/mol. The number of rotatable bonds is 4. The number of anilines is 2. The molecule has 6 heteroatoms. The smallest absolute Gasteiger partial charge is 0.274 e. The van der Waals surface area contributed by atoms with Crippen LogP contribution in [0.5, 0.6) is 0 Å². The average Bonchev–Trinajstić information content (AvgIpc) is 2.83. The van der Waals surface area contributed by atoms with Crippen LogP contribution in [-0.4, -0.2) is 21.1 Å². The number of carbonyl (C=O) groups is 1. The number of pyridine rings is 2. The number of hydrogen-bond acceptors (Lipinski definition) is 5. The van der Waals surface area contributed by atoms with E-state index in [0.717, 1.165) is 22.4 Å². The summed E-state index contributed by atoms with van der Waals surface area (Å²) in [4.78, 5) is 20.7. The molecule has 2 heterocycles. The Kier molecular flexibility index (Phi) is 5.98. The number of para-hydroxylation sites is 1. The van der Waals surface area contributed by atoms with Crippen LogP contribution < -0.4 is 10.8 Å². The zero-order valence-corrected chi connectivity index (χ0v) is 16.4. The Bertz CT molecular complexity index is 1250. The van der Waals surface area contributed by atoms with Gasteiger partial charge in [-0.3, -0.25) is 15.0 Å². The van der Waals surface area contributed by atoms with Crippen molar-refractivity contribution in [2.75, 3.05) is 5.32 Å². The van der Waals surface area contributed by atoms with Crippen molar-refractivity contribution < 1.29 is 10.0 Å². The van der Waals surface area contributed by atoms with Crippen molar-refractivity contribution in [3.63, 3.8) is 0 Å². The standard InChI is InChI=1S/C25H18N4O2/c30-25(29-31)21-15-23(28-24(16-21)27-22-6-2-1-3-7-22)20-12-10-18(11-13-20)8-9-19-5-4-14-26-17-19/h1-7,10-17,31H,(H,27,28)(H,29,30). The minimum absolute atomic E-state index is 0.284. The molecule has 0 fully saturated rings. The maximum Gasteiger partial charge on any atom is 0.274 e. The van der Waals surface area contributed by atoms with Crippen molar-refractivity contribution in [1.29, 1.82) is 0 Å². The Labute approximate surface area is 179 Å². The first-order chi connectivity index (χ1) is 15.2. The van der Waals surface area contributed by atoms with Crippen molar-refractivity contribution in [2.45, 2.75) is 0 Å². The quantitative estimate of drug-likeness (QED) is 0.266. The van der Waals surface area contributed by atoms with Crippen LogP contribution in [0.2, 0.25) is 0 Å². The number of amides is 1. The van der Waals surface area contributed by atoms with Crippen LogP contribution in [0.25, 0.3) is 11.3 Å². The molecule has 6 nitrogen and oxygen atoms in total. The molecule has 4 aromatic rings. The van der Waals surface area contributed by atoms with Gasteiger partial charge in [0.15, 0.2) is 0 Å². The summed E-state index contributed by atoms with van der Waals surface area (Å²) in [7, 11) is 0. The van der Waals surface area contributed by atoms with Crippen molar-refractivity contribution in [2.24, 2.45) is 0 Å². The highest BCUT2D eigenvalue weighted by molar-refractivity contribution is 5.95. The van der Waals surface area contributed by atoms with Gasteiger partial charge in [-0.05, 0) is 48.5 Å². The van der Waals surface area contributed by atoms with Gasteiger partial charge in [0.25, 0.3) is 5.91 Å². The van der Waals surface area contributed by atoms with Crippen molar-refractivity contribution in [1.82, 2.24) is 15.4 Å². The first-order valence-electron chi connectivity index (χ1n) is 9.52. The maximum absolute atomic E-state index is 12.0. The van der Waals surface area contributed by atoms with Crippen LogP contribution in [0.1, 0.15) is 21.5 Å². The van der Waals surface area contributed by atoms with Gasteiger partial charge in [0, 0.05) is 40.3 Å². The maximum atomic E-state index is 12.0. The molecule has 1 amide bonds. The molecule has 0 aliphatic rings. The summed E-state index contributed by atoms with van der Waals surface area (Å²) in [6, 6.07) is 24.0. The van der Waals surface area contributed by atoms with Gasteiger partial charge in [-0.15, -0.1) is 0 Å². The van der Waals surface area contributed by atoms with Crippen molar-refractivity contribution >= 4 is 17.4 Å². The fourth-order valence-electron chi connectivity index (χ4n) is 2.91. The van der Waals surface area contributed by atoms with Crippen molar-refractivity contribution in [3.8, 4) is 23.1 Å². The summed E-state index contributed by atoms with van der Waals surface area (Å²) in [5, 5.41) is 12.2. The van der Waals surface area contributed by atoms with Gasteiger partial charge in [-0.25, -0.2) is 10.5 Å². The van der Waals surface area contributed by atoms with E-state index in [9.17, 15) is 4.79 Å². The predicted molar refractivity (Wildman–Crippen MR) is 119 cm³/mol.